The molecule has 144 valence electrons. The van der Waals surface area contributed by atoms with E-state index < -0.39 is 11.7 Å². The van der Waals surface area contributed by atoms with Gasteiger partial charge in [-0.15, -0.1) is 0 Å². The van der Waals surface area contributed by atoms with E-state index in [1.54, 1.807) is 0 Å². The third-order valence-electron chi connectivity index (χ3n) is 7.83. The smallest absolute Gasteiger partial charge is 0.0709 e. The summed E-state index contributed by atoms with van der Waals surface area (Å²) in [5.74, 6) is 0.845. The second-order valence-electron chi connectivity index (χ2n) is 9.42. The third kappa shape index (κ3) is 3.20. The molecule has 4 N–H and O–H groups in total. The first-order chi connectivity index (χ1) is 11.8. The minimum absolute atomic E-state index is 0.00727. The minimum atomic E-state index is -0.899. The first-order valence-electron chi connectivity index (χ1n) is 10.1. The molecule has 0 bridgehead atoms. The lowest BCUT2D eigenvalue weighted by Gasteiger charge is -2.44. The molecule has 7 atom stereocenters. The van der Waals surface area contributed by atoms with Gasteiger partial charge in [0.15, 0.2) is 0 Å². The Balaban J connectivity index is 1.98. The van der Waals surface area contributed by atoms with Crippen molar-refractivity contribution in [2.45, 2.75) is 71.0 Å². The van der Waals surface area contributed by atoms with Gasteiger partial charge in [0, 0.05) is 25.0 Å². The average Bonchev–Trinajstić information content (AvgIpc) is 3.03. The fourth-order valence-electron chi connectivity index (χ4n) is 6.46. The van der Waals surface area contributed by atoms with E-state index in [9.17, 15) is 20.4 Å². The monoisotopic (exact) mass is 352 g/mol. The van der Waals surface area contributed by atoms with E-state index in [2.05, 4.69) is 19.9 Å². The highest BCUT2D eigenvalue weighted by molar-refractivity contribution is 5.26. The van der Waals surface area contributed by atoms with Gasteiger partial charge >= 0.3 is 0 Å². The van der Waals surface area contributed by atoms with Crippen LogP contribution in [0.1, 0.15) is 59.3 Å². The minimum Gasteiger partial charge on any atom is -0.396 e. The summed E-state index contributed by atoms with van der Waals surface area (Å²) in [6.45, 7) is 6.41. The molecule has 0 heterocycles. The lowest BCUT2D eigenvalue weighted by molar-refractivity contribution is -0.0700. The molecule has 0 aromatic carbocycles. The molecule has 0 radical (unpaired) electrons. The molecule has 0 saturated heterocycles. The largest absolute Gasteiger partial charge is 0.396 e. The lowest BCUT2D eigenvalue weighted by atomic mass is 9.64. The summed E-state index contributed by atoms with van der Waals surface area (Å²) in [7, 11) is 0. The number of rotatable bonds is 4. The first kappa shape index (κ1) is 19.3. The van der Waals surface area contributed by atoms with Crippen LogP contribution in [0.15, 0.2) is 11.6 Å². The molecular weight excluding hydrogens is 316 g/mol. The van der Waals surface area contributed by atoms with E-state index in [0.717, 1.165) is 32.1 Å². The Kier molecular flexibility index (Phi) is 5.38. The van der Waals surface area contributed by atoms with E-state index in [1.165, 1.54) is 5.57 Å². The fraction of sp³-hybridized carbons (Fsp3) is 0.905. The van der Waals surface area contributed by atoms with Crippen molar-refractivity contribution in [3.05, 3.63) is 11.6 Å². The molecule has 3 aliphatic carbocycles. The quantitative estimate of drug-likeness (QED) is 0.586. The van der Waals surface area contributed by atoms with Crippen molar-refractivity contribution in [1.29, 1.82) is 0 Å². The fourth-order valence-corrected chi connectivity index (χ4v) is 6.46. The Bertz CT molecular complexity index is 510. The first-order valence-corrected chi connectivity index (χ1v) is 10.1. The highest BCUT2D eigenvalue weighted by Gasteiger charge is 2.55. The molecule has 0 aliphatic heterocycles. The number of allylic oxidation sites excluding steroid dienone is 1. The summed E-state index contributed by atoms with van der Waals surface area (Å²) in [6, 6.07) is 0. The summed E-state index contributed by atoms with van der Waals surface area (Å²) >= 11 is 0. The van der Waals surface area contributed by atoms with Crippen LogP contribution in [0, 0.1) is 35.0 Å². The van der Waals surface area contributed by atoms with Gasteiger partial charge < -0.3 is 20.4 Å². The molecule has 0 unspecified atom stereocenters. The van der Waals surface area contributed by atoms with Crippen LogP contribution in [0.5, 0.6) is 0 Å². The normalized spacial score (nSPS) is 47.2. The molecule has 3 aliphatic rings. The van der Waals surface area contributed by atoms with Gasteiger partial charge in [-0.2, -0.15) is 0 Å². The van der Waals surface area contributed by atoms with E-state index >= 15 is 0 Å². The molecule has 0 amide bonds. The molecule has 2 fully saturated rings. The Labute approximate surface area is 152 Å². The maximum atomic E-state index is 11.2. The van der Waals surface area contributed by atoms with Crippen LogP contribution >= 0.6 is 0 Å². The standard InChI is InChI=1S/C21H36O4/c1-4-13-9-18(24)19-16(13)10-20(2)7-5-15(14(11-22)12-23)17(20)6-8-21(19,3)25/h6,13-16,18-19,22-25H,4-5,7-12H2,1-3H3/t13-,15-,16-,18-,19+,20-,21+/m0/s1. The summed E-state index contributed by atoms with van der Waals surface area (Å²) in [5, 5.41) is 41.2. The second kappa shape index (κ2) is 6.95. The van der Waals surface area contributed by atoms with E-state index in [1.807, 2.05) is 6.92 Å². The van der Waals surface area contributed by atoms with Gasteiger partial charge in [-0.1, -0.05) is 31.9 Å². The zero-order valence-electron chi connectivity index (χ0n) is 16.0. The van der Waals surface area contributed by atoms with Crippen molar-refractivity contribution in [3.8, 4) is 0 Å². The Hall–Kier alpha value is -0.420. The molecule has 2 saturated carbocycles. The molecule has 4 heteroatoms. The third-order valence-corrected chi connectivity index (χ3v) is 7.83. The topological polar surface area (TPSA) is 80.9 Å². The van der Waals surface area contributed by atoms with Gasteiger partial charge in [0.2, 0.25) is 0 Å². The van der Waals surface area contributed by atoms with Crippen LogP contribution in [0.25, 0.3) is 0 Å². The highest BCUT2D eigenvalue weighted by Crippen LogP contribution is 2.59. The maximum Gasteiger partial charge on any atom is 0.0709 e. The summed E-state index contributed by atoms with van der Waals surface area (Å²) in [6.07, 6.45) is 7.21. The predicted octanol–water partition coefficient (Wildman–Crippen LogP) is 2.50. The van der Waals surface area contributed by atoms with Gasteiger partial charge in [0.05, 0.1) is 11.7 Å². The molecule has 0 aromatic heterocycles. The molecular formula is C21H36O4. The average molecular weight is 353 g/mol. The zero-order valence-corrected chi connectivity index (χ0v) is 16.0. The van der Waals surface area contributed by atoms with Crippen molar-refractivity contribution in [1.82, 2.24) is 0 Å². The van der Waals surface area contributed by atoms with Crippen LogP contribution in [-0.4, -0.2) is 45.3 Å². The summed E-state index contributed by atoms with van der Waals surface area (Å²) in [4.78, 5) is 0. The second-order valence-corrected chi connectivity index (χ2v) is 9.42. The van der Waals surface area contributed by atoms with E-state index in [-0.39, 0.29) is 36.4 Å². The van der Waals surface area contributed by atoms with Gasteiger partial charge in [-0.3, -0.25) is 0 Å². The molecule has 0 spiro atoms. The van der Waals surface area contributed by atoms with Crippen molar-refractivity contribution >= 4 is 0 Å². The Morgan fingerprint density at radius 1 is 1.24 bits per heavy atom. The number of hydrogen-bond donors (Lipinski definition) is 4. The molecule has 25 heavy (non-hydrogen) atoms. The van der Waals surface area contributed by atoms with Crippen LogP contribution in [0.2, 0.25) is 0 Å². The zero-order chi connectivity index (χ0) is 18.4. The maximum absolute atomic E-state index is 11.2. The van der Waals surface area contributed by atoms with Crippen LogP contribution in [-0.2, 0) is 0 Å². The van der Waals surface area contributed by atoms with Crippen molar-refractivity contribution in [2.24, 2.45) is 35.0 Å². The van der Waals surface area contributed by atoms with Gasteiger partial charge in [-0.25, -0.2) is 0 Å². The SMILES string of the molecule is CC[C@H]1C[C@H](O)[C@H]2[C@H]1C[C@]1(C)CC[C@@H](C(CO)CO)C1=CC[C@@]2(C)O. The molecule has 0 aromatic rings. The van der Waals surface area contributed by atoms with Gasteiger partial charge in [0.25, 0.3) is 0 Å². The van der Waals surface area contributed by atoms with Crippen LogP contribution in [0.4, 0.5) is 0 Å². The highest BCUT2D eigenvalue weighted by atomic mass is 16.3. The summed E-state index contributed by atoms with van der Waals surface area (Å²) in [5.41, 5.74) is 0.489. The van der Waals surface area contributed by atoms with Crippen molar-refractivity contribution in [2.75, 3.05) is 13.2 Å². The Morgan fingerprint density at radius 3 is 2.52 bits per heavy atom. The van der Waals surface area contributed by atoms with E-state index in [0.29, 0.717) is 18.3 Å². The lowest BCUT2D eigenvalue weighted by Crippen LogP contribution is -2.45. The summed E-state index contributed by atoms with van der Waals surface area (Å²) < 4.78 is 0. The number of fused-ring (bicyclic) bond motifs is 2. The molecule has 4 nitrogen and oxygen atoms in total. The Morgan fingerprint density at radius 2 is 1.92 bits per heavy atom. The van der Waals surface area contributed by atoms with Gasteiger partial charge in [0.1, 0.15) is 0 Å². The van der Waals surface area contributed by atoms with Crippen LogP contribution in [0.3, 0.4) is 0 Å². The van der Waals surface area contributed by atoms with Crippen LogP contribution < -0.4 is 0 Å². The number of hydrogen-bond acceptors (Lipinski definition) is 4. The molecule has 3 rings (SSSR count). The number of aliphatic hydroxyl groups excluding tert-OH is 3. The van der Waals surface area contributed by atoms with Gasteiger partial charge in [-0.05, 0) is 62.2 Å². The number of aliphatic hydroxyl groups is 4. The van der Waals surface area contributed by atoms with Crippen molar-refractivity contribution < 1.29 is 20.4 Å². The van der Waals surface area contributed by atoms with Crippen molar-refractivity contribution in [3.63, 3.8) is 0 Å². The predicted molar refractivity (Wildman–Crippen MR) is 97.8 cm³/mol. The van der Waals surface area contributed by atoms with E-state index in [4.69, 9.17) is 0 Å².